The SMILES string of the molecule is COC(=O)NC(C(=O)N1C(c2ncc(-c3ccc(-c4cc(Cl)c(NC(=O)c5ccc(N6CCN(C(=O)C(C)(C)CO)CC6C)nc5)cc4OC(F)(F)F)cc3)[nH]2)CCC2CCC21)C(C)C. The molecule has 1 saturated carbocycles. The molecule has 65 heavy (non-hydrogen) atoms. The summed E-state index contributed by atoms with van der Waals surface area (Å²) in [5.74, 6) is -0.256. The smallest absolute Gasteiger partial charge is 0.453 e. The Morgan fingerprint density at radius 3 is 2.28 bits per heavy atom. The van der Waals surface area contributed by atoms with E-state index in [2.05, 4.69) is 30.3 Å². The molecule has 2 saturated heterocycles. The van der Waals surface area contributed by atoms with Crippen molar-refractivity contribution in [3.05, 3.63) is 77.3 Å². The summed E-state index contributed by atoms with van der Waals surface area (Å²) in [6.07, 6.45) is 0.727. The lowest BCUT2D eigenvalue weighted by atomic mass is 9.71. The number of benzene rings is 2. The van der Waals surface area contributed by atoms with E-state index in [1.807, 2.05) is 30.6 Å². The van der Waals surface area contributed by atoms with Gasteiger partial charge in [0, 0.05) is 49.5 Å². The summed E-state index contributed by atoms with van der Waals surface area (Å²) >= 11 is 6.61. The molecule has 5 unspecified atom stereocenters. The van der Waals surface area contributed by atoms with Gasteiger partial charge in [0.25, 0.3) is 5.91 Å². The van der Waals surface area contributed by atoms with Gasteiger partial charge in [-0.3, -0.25) is 14.4 Å². The van der Waals surface area contributed by atoms with E-state index < -0.39 is 35.6 Å². The normalized spacial score (nSPS) is 20.4. The lowest BCUT2D eigenvalue weighted by molar-refractivity contribution is -0.274. The van der Waals surface area contributed by atoms with Crippen LogP contribution in [0.2, 0.25) is 5.02 Å². The fourth-order valence-electron chi connectivity index (χ4n) is 8.87. The Bertz CT molecular complexity index is 2390. The number of H-pyrrole nitrogens is 1. The molecule has 19 heteroatoms. The number of aromatic nitrogens is 3. The van der Waals surface area contributed by atoms with Crippen LogP contribution in [0.5, 0.6) is 5.75 Å². The molecule has 348 valence electrons. The molecule has 4 N–H and O–H groups in total. The first-order valence-corrected chi connectivity index (χ1v) is 22.0. The number of pyridine rings is 1. The van der Waals surface area contributed by atoms with Gasteiger partial charge in [-0.2, -0.15) is 0 Å². The third-order valence-electron chi connectivity index (χ3n) is 12.7. The molecule has 4 heterocycles. The second-order valence-corrected chi connectivity index (χ2v) is 18.3. The molecule has 3 fully saturated rings. The molecule has 4 aromatic rings. The van der Waals surface area contributed by atoms with Gasteiger partial charge in [-0.25, -0.2) is 14.8 Å². The molecule has 7 rings (SSSR count). The van der Waals surface area contributed by atoms with Crippen LogP contribution < -0.4 is 20.3 Å². The zero-order valence-corrected chi connectivity index (χ0v) is 37.8. The number of ether oxygens (including phenoxy) is 2. The molecule has 1 aliphatic carbocycles. The molecule has 0 bridgehead atoms. The van der Waals surface area contributed by atoms with Crippen molar-refractivity contribution >= 4 is 46.9 Å². The van der Waals surface area contributed by atoms with Crippen LogP contribution in [-0.4, -0.2) is 112 Å². The third kappa shape index (κ3) is 10.2. The lowest BCUT2D eigenvalue weighted by Crippen LogP contribution is -2.60. The van der Waals surface area contributed by atoms with Gasteiger partial charge >= 0.3 is 12.5 Å². The van der Waals surface area contributed by atoms with Crippen LogP contribution in [0.25, 0.3) is 22.4 Å². The van der Waals surface area contributed by atoms with Crippen molar-refractivity contribution in [1.29, 1.82) is 0 Å². The zero-order chi connectivity index (χ0) is 47.0. The summed E-state index contributed by atoms with van der Waals surface area (Å²) in [5, 5.41) is 14.9. The number of imidazole rings is 1. The maximum absolute atomic E-state index is 14.1. The number of fused-ring (bicyclic) bond motifs is 1. The van der Waals surface area contributed by atoms with E-state index in [0.717, 1.165) is 25.3 Å². The van der Waals surface area contributed by atoms with E-state index in [4.69, 9.17) is 16.3 Å². The van der Waals surface area contributed by atoms with E-state index in [1.54, 1.807) is 55.3 Å². The average Bonchev–Trinajstić information content (AvgIpc) is 3.76. The number of nitrogens with zero attached hydrogens (tertiary/aromatic N) is 5. The summed E-state index contributed by atoms with van der Waals surface area (Å²) in [7, 11) is 1.25. The Hall–Kier alpha value is -5.88. The molecule has 2 aliphatic heterocycles. The van der Waals surface area contributed by atoms with Crippen LogP contribution in [0.15, 0.2) is 60.9 Å². The maximum Gasteiger partial charge on any atom is 0.573 e. The number of nitrogens with one attached hydrogen (secondary N) is 3. The number of aliphatic hydroxyl groups excluding tert-OH is 1. The van der Waals surface area contributed by atoms with Crippen molar-refractivity contribution in [2.24, 2.45) is 17.3 Å². The first-order valence-electron chi connectivity index (χ1n) is 21.6. The van der Waals surface area contributed by atoms with Gasteiger partial charge in [0.05, 0.1) is 53.3 Å². The second-order valence-electron chi connectivity index (χ2n) is 17.9. The minimum absolute atomic E-state index is 0.0206. The molecule has 5 atom stereocenters. The van der Waals surface area contributed by atoms with Crippen molar-refractivity contribution in [3.63, 3.8) is 0 Å². The zero-order valence-electron chi connectivity index (χ0n) is 37.0. The fraction of sp³-hybridized carbons (Fsp3) is 0.478. The number of anilines is 2. The number of rotatable bonds is 12. The summed E-state index contributed by atoms with van der Waals surface area (Å²) in [6, 6.07) is 10.9. The number of hydrogen-bond donors (Lipinski definition) is 4. The molecular formula is C46H54ClF3N8O7. The number of likely N-dealkylation sites (tertiary alicyclic amines) is 1. The summed E-state index contributed by atoms with van der Waals surface area (Å²) in [5.41, 5.74) is 0.791. The van der Waals surface area contributed by atoms with Gasteiger partial charge in [-0.1, -0.05) is 49.7 Å². The monoisotopic (exact) mass is 922 g/mol. The largest absolute Gasteiger partial charge is 0.573 e. The average molecular weight is 923 g/mol. The molecular weight excluding hydrogens is 869 g/mol. The van der Waals surface area contributed by atoms with Crippen molar-refractivity contribution in [1.82, 2.24) is 30.1 Å². The Morgan fingerprint density at radius 1 is 0.969 bits per heavy atom. The van der Waals surface area contributed by atoms with Crippen molar-refractivity contribution < 1.29 is 46.9 Å². The molecule has 3 aliphatic rings. The van der Waals surface area contributed by atoms with E-state index in [0.29, 0.717) is 60.4 Å². The summed E-state index contributed by atoms with van der Waals surface area (Å²) in [6.45, 7) is 10.1. The van der Waals surface area contributed by atoms with Crippen LogP contribution in [0.1, 0.15) is 82.5 Å². The number of hydrogen-bond acceptors (Lipinski definition) is 10. The molecule has 0 radical (unpaired) electrons. The van der Waals surface area contributed by atoms with Crippen molar-refractivity contribution in [2.75, 3.05) is 43.6 Å². The van der Waals surface area contributed by atoms with Crippen LogP contribution >= 0.6 is 11.6 Å². The van der Waals surface area contributed by atoms with E-state index in [1.165, 1.54) is 25.4 Å². The Labute approximate surface area is 380 Å². The van der Waals surface area contributed by atoms with Crippen molar-refractivity contribution in [3.8, 4) is 28.1 Å². The molecule has 15 nitrogen and oxygen atoms in total. The Balaban J connectivity index is 1.06. The van der Waals surface area contributed by atoms with E-state index in [9.17, 15) is 37.5 Å². The van der Waals surface area contributed by atoms with Crippen LogP contribution in [-0.2, 0) is 14.3 Å². The third-order valence-corrected chi connectivity index (χ3v) is 13.0. The number of carbonyl (C=O) groups excluding carboxylic acids is 4. The highest BCUT2D eigenvalue weighted by Gasteiger charge is 2.48. The lowest BCUT2D eigenvalue weighted by Gasteiger charge is -2.52. The summed E-state index contributed by atoms with van der Waals surface area (Å²) in [4.78, 5) is 70.7. The number of alkyl halides is 3. The number of amides is 4. The van der Waals surface area contributed by atoms with Crippen LogP contribution in [0.4, 0.5) is 29.5 Å². The van der Waals surface area contributed by atoms with Crippen molar-refractivity contribution in [2.45, 2.75) is 90.8 Å². The number of halogens is 4. The highest BCUT2D eigenvalue weighted by Crippen LogP contribution is 2.47. The predicted octanol–water partition coefficient (Wildman–Crippen LogP) is 7.82. The molecule has 0 spiro atoms. The molecule has 4 amide bonds. The number of piperidine rings is 1. The first-order chi connectivity index (χ1) is 30.8. The minimum atomic E-state index is -5.07. The van der Waals surface area contributed by atoms with Gasteiger partial charge in [0.2, 0.25) is 11.8 Å². The van der Waals surface area contributed by atoms with Crippen LogP contribution in [0, 0.1) is 17.3 Å². The number of carbonyl (C=O) groups is 4. The van der Waals surface area contributed by atoms with E-state index >= 15 is 0 Å². The van der Waals surface area contributed by atoms with Gasteiger partial charge in [-0.15, -0.1) is 13.2 Å². The second kappa shape index (κ2) is 18.9. The van der Waals surface area contributed by atoms with Gasteiger partial charge in [0.1, 0.15) is 23.4 Å². The van der Waals surface area contributed by atoms with Crippen LogP contribution in [0.3, 0.4) is 0 Å². The Morgan fingerprint density at radius 2 is 1.68 bits per heavy atom. The maximum atomic E-state index is 14.1. The summed E-state index contributed by atoms with van der Waals surface area (Å²) < 4.78 is 50.7. The highest BCUT2D eigenvalue weighted by atomic mass is 35.5. The minimum Gasteiger partial charge on any atom is -0.453 e. The quantitative estimate of drug-likeness (QED) is 0.109. The topological polar surface area (TPSA) is 182 Å². The number of aliphatic hydroxyl groups is 1. The first kappa shape index (κ1) is 47.1. The molecule has 2 aromatic carbocycles. The predicted molar refractivity (Wildman–Crippen MR) is 237 cm³/mol. The standard InChI is InChI=1S/C46H54ClF3N8O7/c1-25(2)39(55-44(63)64-6)42(61)58-35-14-11-29(35)12-15-36(58)40-52-22-34(53-40)28-9-7-27(8-10-28)31-19-32(47)33(20-37(31)65-46(48,49)50)54-41(60)30-13-16-38(51-21-30)57-18-17-56(23-26(57)3)43(62)45(4,5)24-59/h7-10,13,16,19-22,25-26,29,35-36,39,59H,11-12,14-15,17-18,23-24H2,1-6H3,(H,52,53)(H,54,60)(H,55,63). The number of methoxy groups -OCH3 is 1. The van der Waals surface area contributed by atoms with Gasteiger partial charge < -0.3 is 44.9 Å². The van der Waals surface area contributed by atoms with Gasteiger partial charge in [-0.05, 0) is 87.6 Å². The van der Waals surface area contributed by atoms with E-state index in [-0.39, 0.29) is 64.3 Å². The number of aromatic amines is 1. The van der Waals surface area contributed by atoms with Gasteiger partial charge in [0.15, 0.2) is 0 Å². The Kier molecular flexibility index (Phi) is 13.7. The highest BCUT2D eigenvalue weighted by molar-refractivity contribution is 6.34. The number of alkyl carbamates (subject to hydrolysis) is 1. The number of piperazine rings is 1. The molecule has 2 aromatic heterocycles. The fourth-order valence-corrected chi connectivity index (χ4v) is 9.08.